The standard InChI is InChI=1S/C20H20N8O3/c1-21-17-13-18(26-12(25-17)6-5-10-4-3-7-24-27-10)28(9-23-13)14-11-8-20(11,19(31)22-2)16(30)15(14)29/h3-4,7,9,11,14-16,29-30H,8H2,1-2H3,(H,22,31)(H,21,25,26)/t11?,14-,15+,16+,20?/m1/s1. The normalized spacial score (nSPS) is 28.5. The van der Waals surface area contributed by atoms with Crippen LogP contribution in [0.1, 0.15) is 24.0 Å². The van der Waals surface area contributed by atoms with Gasteiger partial charge in [0.2, 0.25) is 11.7 Å². The van der Waals surface area contributed by atoms with E-state index < -0.39 is 23.7 Å². The minimum atomic E-state index is -1.17. The molecule has 5 rings (SSSR count). The molecular formula is C20H20N8O3. The van der Waals surface area contributed by atoms with E-state index in [0.717, 1.165) is 0 Å². The minimum Gasteiger partial charge on any atom is -0.389 e. The number of aliphatic hydroxyl groups excluding tert-OH is 2. The number of anilines is 1. The van der Waals surface area contributed by atoms with E-state index in [9.17, 15) is 15.0 Å². The SMILES string of the molecule is CNC(=O)C12CC1[C@@H](n1cnc3c(NC)nc(C#Cc4cccnn4)nc31)[C@H](O)[C@@H]2O. The molecule has 2 unspecified atom stereocenters. The highest BCUT2D eigenvalue weighted by Crippen LogP contribution is 2.67. The van der Waals surface area contributed by atoms with Crippen LogP contribution in [0.25, 0.3) is 11.2 Å². The summed E-state index contributed by atoms with van der Waals surface area (Å²) in [6.07, 6.45) is 1.30. The first kappa shape index (κ1) is 19.3. The quantitative estimate of drug-likeness (QED) is 0.395. The number of rotatable bonds is 3. The third-order valence-electron chi connectivity index (χ3n) is 6.18. The van der Waals surface area contributed by atoms with E-state index in [1.165, 1.54) is 7.05 Å². The van der Waals surface area contributed by atoms with Crippen molar-refractivity contribution >= 4 is 22.9 Å². The number of nitrogens with zero attached hydrogens (tertiary/aromatic N) is 6. The molecule has 0 bridgehead atoms. The Bertz CT molecular complexity index is 1230. The zero-order chi connectivity index (χ0) is 21.8. The first-order chi connectivity index (χ1) is 15.0. The zero-order valence-corrected chi connectivity index (χ0v) is 16.8. The summed E-state index contributed by atoms with van der Waals surface area (Å²) in [7, 11) is 3.24. The Labute approximate surface area is 177 Å². The molecule has 5 atom stereocenters. The summed E-state index contributed by atoms with van der Waals surface area (Å²) in [6.45, 7) is 0. The van der Waals surface area contributed by atoms with Gasteiger partial charge in [0.1, 0.15) is 11.8 Å². The second kappa shape index (κ2) is 6.97. The minimum absolute atomic E-state index is 0.225. The summed E-state index contributed by atoms with van der Waals surface area (Å²) in [4.78, 5) is 25.8. The molecule has 2 aliphatic carbocycles. The van der Waals surface area contributed by atoms with Gasteiger partial charge in [-0.2, -0.15) is 5.10 Å². The van der Waals surface area contributed by atoms with Crippen LogP contribution in [0, 0.1) is 23.2 Å². The Kier molecular flexibility index (Phi) is 4.35. The van der Waals surface area contributed by atoms with Crippen molar-refractivity contribution in [2.75, 3.05) is 19.4 Å². The molecule has 3 aromatic heterocycles. The van der Waals surface area contributed by atoms with Gasteiger partial charge in [0.05, 0.1) is 23.9 Å². The third kappa shape index (κ3) is 2.76. The topological polar surface area (TPSA) is 151 Å². The summed E-state index contributed by atoms with van der Waals surface area (Å²) >= 11 is 0. The number of aromatic nitrogens is 6. The van der Waals surface area contributed by atoms with Crippen molar-refractivity contribution < 1.29 is 15.0 Å². The number of fused-ring (bicyclic) bond motifs is 2. The molecule has 4 N–H and O–H groups in total. The predicted molar refractivity (Wildman–Crippen MR) is 109 cm³/mol. The highest BCUT2D eigenvalue weighted by Gasteiger charge is 2.75. The summed E-state index contributed by atoms with van der Waals surface area (Å²) in [5, 5.41) is 34.7. The molecule has 2 saturated carbocycles. The van der Waals surface area contributed by atoms with Crippen molar-refractivity contribution in [1.82, 2.24) is 35.0 Å². The second-order valence-corrected chi connectivity index (χ2v) is 7.68. The second-order valence-electron chi connectivity index (χ2n) is 7.68. The van der Waals surface area contributed by atoms with Crippen LogP contribution >= 0.6 is 0 Å². The van der Waals surface area contributed by atoms with E-state index in [-0.39, 0.29) is 17.6 Å². The van der Waals surface area contributed by atoms with Crippen LogP contribution in [0.4, 0.5) is 5.82 Å². The van der Waals surface area contributed by atoms with Gasteiger partial charge < -0.3 is 25.4 Å². The summed E-state index contributed by atoms with van der Waals surface area (Å²) in [5.41, 5.74) is 0.461. The van der Waals surface area contributed by atoms with Gasteiger partial charge in [0, 0.05) is 26.2 Å². The van der Waals surface area contributed by atoms with Crippen molar-refractivity contribution in [2.45, 2.75) is 24.7 Å². The fourth-order valence-electron chi connectivity index (χ4n) is 4.64. The zero-order valence-electron chi connectivity index (χ0n) is 16.8. The van der Waals surface area contributed by atoms with Crippen LogP contribution in [-0.4, -0.2) is 72.1 Å². The number of hydrogen-bond acceptors (Lipinski definition) is 9. The van der Waals surface area contributed by atoms with E-state index >= 15 is 0 Å². The molecule has 0 saturated heterocycles. The Morgan fingerprint density at radius 3 is 2.84 bits per heavy atom. The average Bonchev–Trinajstić information content (AvgIpc) is 3.34. The Morgan fingerprint density at radius 1 is 1.29 bits per heavy atom. The largest absolute Gasteiger partial charge is 0.389 e. The fraction of sp³-hybridized carbons (Fsp3) is 0.400. The van der Waals surface area contributed by atoms with Crippen molar-refractivity contribution in [1.29, 1.82) is 0 Å². The monoisotopic (exact) mass is 420 g/mol. The summed E-state index contributed by atoms with van der Waals surface area (Å²) < 4.78 is 1.71. The molecule has 0 spiro atoms. The molecule has 11 nitrogen and oxygen atoms in total. The molecule has 31 heavy (non-hydrogen) atoms. The number of aliphatic hydroxyl groups is 2. The van der Waals surface area contributed by atoms with Crippen molar-refractivity contribution in [3.8, 4) is 11.8 Å². The molecular weight excluding hydrogens is 400 g/mol. The van der Waals surface area contributed by atoms with Gasteiger partial charge in [0.25, 0.3) is 0 Å². The van der Waals surface area contributed by atoms with E-state index in [1.807, 2.05) is 0 Å². The molecule has 11 heteroatoms. The Morgan fingerprint density at radius 2 is 2.13 bits per heavy atom. The van der Waals surface area contributed by atoms with Gasteiger partial charge in [0.15, 0.2) is 17.0 Å². The van der Waals surface area contributed by atoms with Gasteiger partial charge in [-0.15, -0.1) is 5.10 Å². The molecule has 1 amide bonds. The maximum absolute atomic E-state index is 12.4. The lowest BCUT2D eigenvalue weighted by Crippen LogP contribution is -2.41. The lowest BCUT2D eigenvalue weighted by atomic mass is 9.98. The molecule has 2 aliphatic rings. The van der Waals surface area contributed by atoms with Gasteiger partial charge in [-0.25, -0.2) is 15.0 Å². The smallest absolute Gasteiger partial charge is 0.229 e. The molecule has 3 heterocycles. The molecule has 0 radical (unpaired) electrons. The molecule has 3 aromatic rings. The molecule has 158 valence electrons. The van der Waals surface area contributed by atoms with E-state index in [4.69, 9.17) is 0 Å². The van der Waals surface area contributed by atoms with Crippen LogP contribution in [-0.2, 0) is 4.79 Å². The van der Waals surface area contributed by atoms with E-state index in [2.05, 4.69) is 47.6 Å². The maximum Gasteiger partial charge on any atom is 0.229 e. The van der Waals surface area contributed by atoms with Gasteiger partial charge in [-0.3, -0.25) is 4.79 Å². The fourth-order valence-corrected chi connectivity index (χ4v) is 4.64. The van der Waals surface area contributed by atoms with Crippen LogP contribution < -0.4 is 10.6 Å². The van der Waals surface area contributed by atoms with Crippen molar-refractivity contribution in [3.05, 3.63) is 36.2 Å². The first-order valence-corrected chi connectivity index (χ1v) is 9.81. The summed E-state index contributed by atoms with van der Waals surface area (Å²) in [6, 6.07) is 2.91. The van der Waals surface area contributed by atoms with Gasteiger partial charge in [-0.05, 0) is 30.4 Å². The maximum atomic E-state index is 12.4. The van der Waals surface area contributed by atoms with E-state index in [1.54, 1.807) is 36.3 Å². The number of carbonyl (C=O) groups is 1. The molecule has 2 fully saturated rings. The van der Waals surface area contributed by atoms with Gasteiger partial charge in [-0.1, -0.05) is 0 Å². The van der Waals surface area contributed by atoms with Crippen LogP contribution in [0.3, 0.4) is 0 Å². The average molecular weight is 420 g/mol. The predicted octanol–water partition coefficient (Wildman–Crippen LogP) is -0.913. The highest BCUT2D eigenvalue weighted by molar-refractivity contribution is 5.88. The number of hydrogen-bond donors (Lipinski definition) is 4. The van der Waals surface area contributed by atoms with Crippen LogP contribution in [0.2, 0.25) is 0 Å². The Hall–Kier alpha value is -3.62. The number of nitrogens with one attached hydrogen (secondary N) is 2. The lowest BCUT2D eigenvalue weighted by molar-refractivity contribution is -0.132. The molecule has 0 aromatic carbocycles. The van der Waals surface area contributed by atoms with E-state index in [0.29, 0.717) is 29.1 Å². The Balaban J connectivity index is 1.58. The third-order valence-corrected chi connectivity index (χ3v) is 6.18. The van der Waals surface area contributed by atoms with Crippen LogP contribution in [0.15, 0.2) is 24.7 Å². The van der Waals surface area contributed by atoms with Gasteiger partial charge >= 0.3 is 0 Å². The lowest BCUT2D eigenvalue weighted by Gasteiger charge is -2.23. The number of carbonyl (C=O) groups excluding carboxylic acids is 1. The first-order valence-electron chi connectivity index (χ1n) is 9.81. The van der Waals surface area contributed by atoms with Crippen LogP contribution in [0.5, 0.6) is 0 Å². The van der Waals surface area contributed by atoms with Crippen molar-refractivity contribution in [3.63, 3.8) is 0 Å². The molecule has 0 aliphatic heterocycles. The van der Waals surface area contributed by atoms with Crippen molar-refractivity contribution in [2.24, 2.45) is 11.3 Å². The summed E-state index contributed by atoms with van der Waals surface area (Å²) in [5.74, 6) is 5.98. The number of amides is 1. The number of imidazole rings is 1. The highest BCUT2D eigenvalue weighted by atomic mass is 16.3.